The molecule has 2 N–H and O–H groups in total. The Bertz CT molecular complexity index is 1010. The van der Waals surface area contributed by atoms with Crippen molar-refractivity contribution in [2.45, 2.75) is 91.1 Å². The van der Waals surface area contributed by atoms with Crippen molar-refractivity contribution in [2.24, 2.45) is 28.6 Å². The molecule has 1 aromatic rings. The lowest BCUT2D eigenvalue weighted by Crippen LogP contribution is -2.60. The number of aliphatic hydroxyl groups excluding tert-OH is 1. The number of aryl methyl sites for hydroxylation is 1. The Kier molecular flexibility index (Phi) is 6.43. The summed E-state index contributed by atoms with van der Waals surface area (Å²) < 4.78 is 12.0. The second-order valence-corrected chi connectivity index (χ2v) is 12.6. The largest absolute Gasteiger partial charge is 0.458 e. The maximum atomic E-state index is 12.3. The Balaban J connectivity index is 1.43. The summed E-state index contributed by atoms with van der Waals surface area (Å²) in [5.41, 5.74) is 2.86. The van der Waals surface area contributed by atoms with E-state index in [1.807, 2.05) is 6.08 Å². The summed E-state index contributed by atoms with van der Waals surface area (Å²) in [5, 5.41) is 15.2. The summed E-state index contributed by atoms with van der Waals surface area (Å²) >= 11 is 0. The van der Waals surface area contributed by atoms with Crippen molar-refractivity contribution in [2.75, 3.05) is 13.2 Å². The minimum absolute atomic E-state index is 0.0286. The van der Waals surface area contributed by atoms with E-state index in [2.05, 4.69) is 64.2 Å². The summed E-state index contributed by atoms with van der Waals surface area (Å²) in [6.07, 6.45) is 6.14. The topological polar surface area (TPSA) is 67.8 Å². The molecule has 35 heavy (non-hydrogen) atoms. The number of fused-ring (bicyclic) bond motifs is 3. The van der Waals surface area contributed by atoms with Crippen LogP contribution in [-0.2, 0) is 20.8 Å². The quantitative estimate of drug-likeness (QED) is 0.583. The first kappa shape index (κ1) is 25.0. The summed E-state index contributed by atoms with van der Waals surface area (Å²) in [6, 6.07) is 8.52. The molecular formula is C30H43NO4. The lowest BCUT2D eigenvalue weighted by atomic mass is 9.47. The average Bonchev–Trinajstić information content (AvgIpc) is 3.38. The van der Waals surface area contributed by atoms with Crippen LogP contribution in [0.2, 0.25) is 0 Å². The van der Waals surface area contributed by atoms with E-state index in [4.69, 9.17) is 9.47 Å². The first-order valence-corrected chi connectivity index (χ1v) is 13.6. The molecule has 2 saturated carbocycles. The van der Waals surface area contributed by atoms with Crippen molar-refractivity contribution in [3.8, 4) is 0 Å². The number of ether oxygens (including phenoxy) is 2. The van der Waals surface area contributed by atoms with E-state index < -0.39 is 0 Å². The van der Waals surface area contributed by atoms with Crippen LogP contribution in [0, 0.1) is 35.5 Å². The monoisotopic (exact) mass is 481 g/mol. The van der Waals surface area contributed by atoms with Crippen LogP contribution in [0.1, 0.15) is 70.9 Å². The summed E-state index contributed by atoms with van der Waals surface area (Å²) in [4.78, 5) is 12.3. The Morgan fingerprint density at radius 2 is 1.91 bits per heavy atom. The fourth-order valence-corrected chi connectivity index (χ4v) is 8.71. The fourth-order valence-electron chi connectivity index (χ4n) is 8.71. The van der Waals surface area contributed by atoms with Crippen molar-refractivity contribution in [3.63, 3.8) is 0 Å². The normalized spacial score (nSPS) is 43.2. The third-order valence-electron chi connectivity index (χ3n) is 10.4. The molecule has 0 amide bonds. The zero-order valence-corrected chi connectivity index (χ0v) is 22.1. The van der Waals surface area contributed by atoms with Crippen molar-refractivity contribution in [3.05, 3.63) is 47.0 Å². The maximum absolute atomic E-state index is 12.3. The smallest absolute Gasteiger partial charge is 0.336 e. The van der Waals surface area contributed by atoms with Gasteiger partial charge in [0.25, 0.3) is 0 Å². The zero-order chi connectivity index (χ0) is 25.0. The Morgan fingerprint density at radius 1 is 1.14 bits per heavy atom. The van der Waals surface area contributed by atoms with Gasteiger partial charge in [0, 0.05) is 18.5 Å². The molecule has 0 spiro atoms. The van der Waals surface area contributed by atoms with Crippen LogP contribution in [0.3, 0.4) is 0 Å². The number of carbonyl (C=O) groups excluding carboxylic acids is 1. The van der Waals surface area contributed by atoms with E-state index in [9.17, 15) is 9.90 Å². The Labute approximate surface area is 210 Å². The molecule has 5 heteroatoms. The van der Waals surface area contributed by atoms with Crippen LogP contribution in [0.25, 0.3) is 0 Å². The summed E-state index contributed by atoms with van der Waals surface area (Å²) in [6.45, 7) is 13.6. The molecule has 2 heterocycles. The maximum Gasteiger partial charge on any atom is 0.336 e. The van der Waals surface area contributed by atoms with Crippen molar-refractivity contribution in [1.82, 2.24) is 5.32 Å². The van der Waals surface area contributed by atoms with Crippen LogP contribution in [0.15, 0.2) is 35.9 Å². The van der Waals surface area contributed by atoms with Crippen LogP contribution in [-0.4, -0.2) is 42.0 Å². The second-order valence-electron chi connectivity index (χ2n) is 12.6. The molecule has 2 aliphatic carbocycles. The van der Waals surface area contributed by atoms with Gasteiger partial charge in [-0.2, -0.15) is 0 Å². The zero-order valence-electron chi connectivity index (χ0n) is 22.1. The number of benzene rings is 1. The van der Waals surface area contributed by atoms with E-state index >= 15 is 0 Å². The number of hydrogen-bond donors (Lipinski definition) is 2. The van der Waals surface area contributed by atoms with Gasteiger partial charge in [0.15, 0.2) is 0 Å². The van der Waals surface area contributed by atoms with Gasteiger partial charge in [-0.1, -0.05) is 45.0 Å². The molecule has 3 fully saturated rings. The van der Waals surface area contributed by atoms with E-state index in [1.54, 1.807) is 0 Å². The van der Waals surface area contributed by atoms with Crippen LogP contribution < -0.4 is 5.32 Å². The predicted molar refractivity (Wildman–Crippen MR) is 137 cm³/mol. The van der Waals surface area contributed by atoms with Crippen molar-refractivity contribution in [1.29, 1.82) is 0 Å². The minimum Gasteiger partial charge on any atom is -0.458 e. The minimum atomic E-state index is -0.331. The van der Waals surface area contributed by atoms with E-state index in [0.29, 0.717) is 29.9 Å². The molecular weight excluding hydrogens is 438 g/mol. The number of hydrogen-bond acceptors (Lipinski definition) is 5. The van der Waals surface area contributed by atoms with Gasteiger partial charge in [0.05, 0.1) is 23.4 Å². The molecule has 1 aromatic carbocycles. The first-order valence-electron chi connectivity index (χ1n) is 13.6. The number of carbonyl (C=O) groups is 1. The Hall–Kier alpha value is -1.69. The molecule has 1 saturated heterocycles. The van der Waals surface area contributed by atoms with Gasteiger partial charge in [0.2, 0.25) is 0 Å². The van der Waals surface area contributed by atoms with Gasteiger partial charge in [-0.15, -0.1) is 0 Å². The van der Waals surface area contributed by atoms with Gasteiger partial charge in [-0.25, -0.2) is 4.79 Å². The predicted octanol–water partition coefficient (Wildman–Crippen LogP) is 4.95. The van der Waals surface area contributed by atoms with Gasteiger partial charge in [0.1, 0.15) is 6.61 Å². The summed E-state index contributed by atoms with van der Waals surface area (Å²) in [7, 11) is 0. The van der Waals surface area contributed by atoms with Crippen molar-refractivity contribution < 1.29 is 19.4 Å². The highest BCUT2D eigenvalue weighted by molar-refractivity contribution is 5.91. The number of rotatable bonds is 5. The highest BCUT2D eigenvalue weighted by atomic mass is 16.5. The second kappa shape index (κ2) is 9.00. The molecule has 4 aliphatic rings. The van der Waals surface area contributed by atoms with Crippen molar-refractivity contribution >= 4 is 5.97 Å². The van der Waals surface area contributed by atoms with Crippen LogP contribution >= 0.6 is 0 Å². The number of cyclic esters (lactones) is 1. The molecule has 8 atom stereocenters. The standard InChI is InChI=1S/C30H43NO4/c1-19-8-6-7-9-21(19)17-31-18-29(4)25(32)11-13-28(3)24-16-23(22-12-15-34-27(22)33)35-30(24,5)14-10-20(2)26(28)29/h6-9,12,20,23-26,31-32H,10-11,13-18H2,1-5H3/t20-,23+,24+,25-,26?,28+,29-,30-/m1/s1. The molecule has 5 rings (SSSR count). The average molecular weight is 482 g/mol. The highest BCUT2D eigenvalue weighted by Gasteiger charge is 2.64. The third kappa shape index (κ3) is 4.08. The lowest BCUT2D eigenvalue weighted by Gasteiger charge is -2.59. The van der Waals surface area contributed by atoms with Crippen LogP contribution in [0.4, 0.5) is 0 Å². The van der Waals surface area contributed by atoms with Crippen LogP contribution in [0.5, 0.6) is 0 Å². The summed E-state index contributed by atoms with van der Waals surface area (Å²) in [5.74, 6) is 0.976. The molecule has 192 valence electrons. The van der Waals surface area contributed by atoms with E-state index in [-0.39, 0.29) is 34.6 Å². The van der Waals surface area contributed by atoms with Gasteiger partial charge < -0.3 is 19.9 Å². The molecule has 0 aromatic heterocycles. The highest BCUT2D eigenvalue weighted by Crippen LogP contribution is 2.65. The van der Waals surface area contributed by atoms with Gasteiger partial charge >= 0.3 is 5.97 Å². The Morgan fingerprint density at radius 3 is 2.63 bits per heavy atom. The number of aliphatic hydroxyl groups is 1. The van der Waals surface area contributed by atoms with E-state index in [1.165, 1.54) is 11.1 Å². The SMILES string of the molecule is Cc1ccccc1CNC[C@@]1(C)C2[C@H](C)CC[C@@]3(C)O[C@H](C4=CCOC4=O)C[C@H]3[C@]2(C)CC[C@H]1O. The number of nitrogens with one attached hydrogen (secondary N) is 1. The lowest BCUT2D eigenvalue weighted by molar-refractivity contribution is -0.153. The van der Waals surface area contributed by atoms with Gasteiger partial charge in [-0.05, 0) is 86.3 Å². The molecule has 0 radical (unpaired) electrons. The molecule has 5 nitrogen and oxygen atoms in total. The van der Waals surface area contributed by atoms with Gasteiger partial charge in [-0.3, -0.25) is 0 Å². The molecule has 2 aliphatic heterocycles. The third-order valence-corrected chi connectivity index (χ3v) is 10.4. The first-order chi connectivity index (χ1) is 16.6. The molecule has 1 unspecified atom stereocenters. The fraction of sp³-hybridized carbons (Fsp3) is 0.700. The van der Waals surface area contributed by atoms with E-state index in [0.717, 1.165) is 45.2 Å². The molecule has 0 bridgehead atoms. The number of esters is 1.